The Bertz CT molecular complexity index is 1340. The molecule has 1 saturated carbocycles. The molecule has 1 aliphatic heterocycles. The van der Waals surface area contributed by atoms with E-state index in [0.29, 0.717) is 12.1 Å². The van der Waals surface area contributed by atoms with Crippen molar-refractivity contribution in [2.75, 3.05) is 9.80 Å². The Morgan fingerprint density at radius 2 is 1.08 bits per heavy atom. The van der Waals surface area contributed by atoms with Crippen LogP contribution in [0.1, 0.15) is 64.6 Å². The van der Waals surface area contributed by atoms with Gasteiger partial charge < -0.3 is 0 Å². The van der Waals surface area contributed by atoms with Gasteiger partial charge in [-0.25, -0.2) is 0 Å². The summed E-state index contributed by atoms with van der Waals surface area (Å²) in [6.45, 7) is 13.3. The van der Waals surface area contributed by atoms with Crippen LogP contribution in [0.15, 0.2) is 54.6 Å². The average molecular weight is 623 g/mol. The summed E-state index contributed by atoms with van der Waals surface area (Å²) in [6.07, 6.45) is 4.77. The number of nitrogens with zero attached hydrogens (tertiary/aromatic N) is 2. The Hall–Kier alpha value is -1.80. The Morgan fingerprint density at radius 3 is 1.49 bits per heavy atom. The Balaban J connectivity index is 1.89. The molecule has 2 fully saturated rings. The predicted octanol–water partition coefficient (Wildman–Crippen LogP) is 8.57. The predicted molar refractivity (Wildman–Crippen MR) is 161 cm³/mol. The topological polar surface area (TPSA) is 6.48 Å². The summed E-state index contributed by atoms with van der Waals surface area (Å²) < 4.78 is 3.31. The maximum absolute atomic E-state index is 7.66. The first-order valence-electron chi connectivity index (χ1n) is 13.2. The fourth-order valence-electron chi connectivity index (χ4n) is 6.63. The van der Waals surface area contributed by atoms with E-state index in [4.69, 9.17) is 19.4 Å². The van der Waals surface area contributed by atoms with Crippen molar-refractivity contribution in [3.63, 3.8) is 0 Å². The van der Waals surface area contributed by atoms with Gasteiger partial charge in [0.15, 0.2) is 0 Å². The van der Waals surface area contributed by atoms with E-state index in [1.54, 1.807) is 0 Å². The van der Waals surface area contributed by atoms with Gasteiger partial charge in [-0.3, -0.25) is 0 Å². The summed E-state index contributed by atoms with van der Waals surface area (Å²) in [7, 11) is 15.3. The summed E-state index contributed by atoms with van der Waals surface area (Å²) in [5.74, 6) is 0. The van der Waals surface area contributed by atoms with Crippen molar-refractivity contribution < 1.29 is 11.9 Å². The number of fused-ring (bicyclic) bond motifs is 1. The molecule has 0 radical (unpaired) electrons. The Kier molecular flexibility index (Phi) is 7.53. The van der Waals surface area contributed by atoms with E-state index in [2.05, 4.69) is 104 Å². The van der Waals surface area contributed by atoms with E-state index < -0.39 is 11.9 Å². The minimum absolute atomic E-state index is 0.353. The molecule has 1 aliphatic carbocycles. The molecule has 3 aromatic carbocycles. The molecule has 37 heavy (non-hydrogen) atoms. The molecule has 2 aliphatic rings. The van der Waals surface area contributed by atoms with E-state index in [0.717, 1.165) is 22.8 Å². The SMILES string of the molecule is Cc1cc(C)c(N2[C](=[Ru]([Cl])([Cl])=[CH]c3ccccc3)N(c3c(C)cc(C)cc3C)[C@@H]3CCCC[C@H]32)c(C)c1. The number of halogens is 2. The fourth-order valence-corrected chi connectivity index (χ4v) is 12.6. The normalized spacial score (nSPS) is 20.3. The third-order valence-corrected chi connectivity index (χ3v) is 13.2. The number of anilines is 2. The van der Waals surface area contributed by atoms with E-state index in [1.807, 2.05) is 6.07 Å². The summed E-state index contributed by atoms with van der Waals surface area (Å²) in [4.78, 5) is 5.19. The zero-order valence-electron chi connectivity index (χ0n) is 22.8. The Labute approximate surface area is 233 Å². The molecule has 0 spiro atoms. The summed E-state index contributed by atoms with van der Waals surface area (Å²) in [5, 5.41) is 0. The molecular formula is C32H38Cl2N2Ru. The Morgan fingerprint density at radius 1 is 0.676 bits per heavy atom. The second-order valence-electron chi connectivity index (χ2n) is 10.9. The maximum atomic E-state index is 7.66. The summed E-state index contributed by atoms with van der Waals surface area (Å²) in [5.41, 5.74) is 11.4. The van der Waals surface area contributed by atoms with Crippen molar-refractivity contribution >= 4 is 39.7 Å². The van der Waals surface area contributed by atoms with Gasteiger partial charge in [0.05, 0.1) is 0 Å². The molecule has 3 aromatic rings. The van der Waals surface area contributed by atoms with Gasteiger partial charge in [0.2, 0.25) is 0 Å². The molecule has 0 amide bonds. The molecule has 0 bridgehead atoms. The van der Waals surface area contributed by atoms with Crippen LogP contribution in [-0.2, 0) is 11.9 Å². The third-order valence-electron chi connectivity index (χ3n) is 7.75. The van der Waals surface area contributed by atoms with Gasteiger partial charge in [-0.15, -0.1) is 0 Å². The molecule has 198 valence electrons. The van der Waals surface area contributed by atoms with Crippen molar-refractivity contribution in [2.45, 2.75) is 79.3 Å². The van der Waals surface area contributed by atoms with Gasteiger partial charge in [0, 0.05) is 0 Å². The average Bonchev–Trinajstić information content (AvgIpc) is 3.14. The molecule has 2 nitrogen and oxygen atoms in total. The first-order chi connectivity index (χ1) is 17.6. The van der Waals surface area contributed by atoms with Crippen molar-refractivity contribution in [3.05, 3.63) is 93.5 Å². The van der Waals surface area contributed by atoms with E-state index in [9.17, 15) is 0 Å². The zero-order chi connectivity index (χ0) is 26.5. The number of hydrogen-bond donors (Lipinski definition) is 0. The first kappa shape index (κ1) is 26.8. The van der Waals surface area contributed by atoms with Crippen molar-refractivity contribution in [2.24, 2.45) is 0 Å². The van der Waals surface area contributed by atoms with Crippen LogP contribution in [0, 0.1) is 41.5 Å². The molecule has 5 rings (SSSR count). The molecule has 1 heterocycles. The van der Waals surface area contributed by atoms with Crippen molar-refractivity contribution in [3.8, 4) is 0 Å². The van der Waals surface area contributed by atoms with E-state index in [-0.39, 0.29) is 0 Å². The van der Waals surface area contributed by atoms with Gasteiger partial charge in [-0.1, -0.05) is 0 Å². The van der Waals surface area contributed by atoms with Crippen LogP contribution < -0.4 is 9.80 Å². The van der Waals surface area contributed by atoms with Crippen LogP contribution in [0.3, 0.4) is 0 Å². The summed E-state index contributed by atoms with van der Waals surface area (Å²) >= 11 is -3.55. The van der Waals surface area contributed by atoms with Crippen molar-refractivity contribution in [1.82, 2.24) is 0 Å². The second-order valence-corrected chi connectivity index (χ2v) is 20.1. The van der Waals surface area contributed by atoms with Crippen molar-refractivity contribution in [1.29, 1.82) is 0 Å². The van der Waals surface area contributed by atoms with E-state index in [1.165, 1.54) is 57.6 Å². The fraction of sp³-hybridized carbons (Fsp3) is 0.375. The van der Waals surface area contributed by atoms with E-state index >= 15 is 0 Å². The quantitative estimate of drug-likeness (QED) is 0.270. The number of benzene rings is 3. The first-order valence-corrected chi connectivity index (χ1v) is 19.6. The van der Waals surface area contributed by atoms with Gasteiger partial charge in [0.1, 0.15) is 0 Å². The number of hydrogen-bond acceptors (Lipinski definition) is 2. The van der Waals surface area contributed by atoms with Crippen LogP contribution >= 0.6 is 19.4 Å². The van der Waals surface area contributed by atoms with Gasteiger partial charge in [0.25, 0.3) is 0 Å². The van der Waals surface area contributed by atoms with Crippen LogP contribution in [0.25, 0.3) is 0 Å². The number of aryl methyl sites for hydroxylation is 6. The molecule has 0 aromatic heterocycles. The molecule has 5 heteroatoms. The number of rotatable bonds is 3. The van der Waals surface area contributed by atoms with Gasteiger partial charge in [-0.05, 0) is 0 Å². The van der Waals surface area contributed by atoms with Crippen LogP contribution in [0.5, 0.6) is 0 Å². The summed E-state index contributed by atoms with van der Waals surface area (Å²) in [6, 6.07) is 20.3. The standard InChI is InChI=1S/C25H32N2.C7H6.2ClH.Ru/c1-16-11-18(3)24(19(4)12-16)26-15-27(23-10-8-7-9-22(23)26)25-20(5)13-17(2)14-21(25)6;1-7-5-3-2-4-6-7;;;/h11-14,22-23H,7-10H2,1-6H3;1-6H;2*1H;/q;;;;+2/p-2/t22-,23-;;;;/m1..../s1. The second kappa shape index (κ2) is 10.4. The van der Waals surface area contributed by atoms with Crippen LogP contribution in [0.4, 0.5) is 11.4 Å². The van der Waals surface area contributed by atoms with Crippen LogP contribution in [0.2, 0.25) is 0 Å². The van der Waals surface area contributed by atoms with Crippen LogP contribution in [-0.4, -0.2) is 21.0 Å². The molecule has 0 unspecified atom stereocenters. The minimum atomic E-state index is -3.55. The molecule has 1 saturated heterocycles. The third kappa shape index (κ3) is 5.00. The monoisotopic (exact) mass is 622 g/mol. The van der Waals surface area contributed by atoms with Gasteiger partial charge in [-0.2, -0.15) is 0 Å². The zero-order valence-corrected chi connectivity index (χ0v) is 26.0. The molecular weight excluding hydrogens is 584 g/mol. The molecule has 2 atom stereocenters. The van der Waals surface area contributed by atoms with Gasteiger partial charge >= 0.3 is 234 Å². The molecule has 0 N–H and O–H groups in total.